The maximum Gasteiger partial charge on any atom is 0.169 e. The molecule has 4 heteroatoms. The van der Waals surface area contributed by atoms with Gasteiger partial charge in [-0.05, 0) is 12.0 Å². The number of halogens is 2. The molecule has 1 aromatic rings. The molecule has 0 aromatic heterocycles. The third-order valence-corrected chi connectivity index (χ3v) is 2.83. The van der Waals surface area contributed by atoms with Gasteiger partial charge in [0.1, 0.15) is 0 Å². The molecule has 1 rings (SSSR count). The van der Waals surface area contributed by atoms with Crippen LogP contribution >= 0.6 is 12.4 Å². The van der Waals surface area contributed by atoms with Gasteiger partial charge < -0.3 is 10.5 Å². The molecule has 0 aliphatic heterocycles. The first-order chi connectivity index (χ1) is 7.11. The largest absolute Gasteiger partial charge is 0.494 e. The second-order valence-electron chi connectivity index (χ2n) is 3.77. The third kappa shape index (κ3) is 3.09. The average Bonchev–Trinajstić information content (AvgIpc) is 2.27. The van der Waals surface area contributed by atoms with Crippen molar-refractivity contribution in [2.75, 3.05) is 7.11 Å². The third-order valence-electron chi connectivity index (χ3n) is 2.83. The van der Waals surface area contributed by atoms with Gasteiger partial charge in [-0.25, -0.2) is 4.39 Å². The average molecular weight is 248 g/mol. The zero-order valence-electron chi connectivity index (χ0n) is 9.87. The van der Waals surface area contributed by atoms with Crippen LogP contribution in [-0.2, 0) is 0 Å². The fraction of sp³-hybridized carbons (Fsp3) is 0.500. The number of methoxy groups -OCH3 is 1. The molecular weight excluding hydrogens is 229 g/mol. The second-order valence-corrected chi connectivity index (χ2v) is 3.77. The molecule has 0 radical (unpaired) electrons. The minimum absolute atomic E-state index is 0. The monoisotopic (exact) mass is 247 g/mol. The Morgan fingerprint density at radius 1 is 1.44 bits per heavy atom. The zero-order valence-corrected chi connectivity index (χ0v) is 10.7. The van der Waals surface area contributed by atoms with Crippen LogP contribution in [0.15, 0.2) is 18.2 Å². The van der Waals surface area contributed by atoms with Gasteiger partial charge in [-0.15, -0.1) is 12.4 Å². The first kappa shape index (κ1) is 15.2. The van der Waals surface area contributed by atoms with E-state index in [4.69, 9.17) is 10.5 Å². The Morgan fingerprint density at radius 3 is 2.56 bits per heavy atom. The molecule has 0 spiro atoms. The molecule has 2 nitrogen and oxygen atoms in total. The van der Waals surface area contributed by atoms with Crippen LogP contribution in [0, 0.1) is 11.7 Å². The van der Waals surface area contributed by atoms with Gasteiger partial charge in [-0.3, -0.25) is 0 Å². The molecule has 0 saturated carbocycles. The van der Waals surface area contributed by atoms with E-state index in [1.165, 1.54) is 7.11 Å². The first-order valence-electron chi connectivity index (χ1n) is 5.19. The van der Waals surface area contributed by atoms with Crippen molar-refractivity contribution in [2.24, 2.45) is 11.7 Å². The molecule has 0 amide bonds. The molecule has 0 bridgehead atoms. The molecule has 1 aromatic carbocycles. The summed E-state index contributed by atoms with van der Waals surface area (Å²) in [5.74, 6) is 0.172. The van der Waals surface area contributed by atoms with Gasteiger partial charge in [0.15, 0.2) is 11.6 Å². The highest BCUT2D eigenvalue weighted by molar-refractivity contribution is 5.85. The Bertz CT molecular complexity index is 333. The van der Waals surface area contributed by atoms with E-state index in [2.05, 4.69) is 0 Å². The van der Waals surface area contributed by atoms with E-state index < -0.39 is 0 Å². The lowest BCUT2D eigenvalue weighted by atomic mass is 9.93. The van der Waals surface area contributed by atoms with Crippen molar-refractivity contribution in [1.82, 2.24) is 0 Å². The Morgan fingerprint density at radius 2 is 2.06 bits per heavy atom. The molecule has 2 atom stereocenters. The fourth-order valence-corrected chi connectivity index (χ4v) is 1.50. The number of rotatable bonds is 4. The van der Waals surface area contributed by atoms with E-state index in [0.717, 1.165) is 6.42 Å². The number of nitrogens with two attached hydrogens (primary N) is 1. The van der Waals surface area contributed by atoms with Gasteiger partial charge >= 0.3 is 0 Å². The number of ether oxygens (including phenoxy) is 1. The van der Waals surface area contributed by atoms with E-state index in [9.17, 15) is 4.39 Å². The molecule has 92 valence electrons. The van der Waals surface area contributed by atoms with E-state index >= 15 is 0 Å². The van der Waals surface area contributed by atoms with Crippen LogP contribution in [0.4, 0.5) is 4.39 Å². The Hall–Kier alpha value is -0.800. The van der Waals surface area contributed by atoms with Crippen LogP contribution in [0.5, 0.6) is 5.75 Å². The van der Waals surface area contributed by atoms with Crippen molar-refractivity contribution >= 4 is 12.4 Å². The first-order valence-corrected chi connectivity index (χ1v) is 5.19. The smallest absolute Gasteiger partial charge is 0.169 e. The molecule has 0 heterocycles. The predicted octanol–water partition coefficient (Wildman–Crippen LogP) is 3.30. The van der Waals surface area contributed by atoms with Crippen LogP contribution in [0.25, 0.3) is 0 Å². The minimum atomic E-state index is -0.340. The number of hydrogen-bond donors (Lipinski definition) is 1. The van der Waals surface area contributed by atoms with Crippen molar-refractivity contribution in [3.63, 3.8) is 0 Å². The normalized spacial score (nSPS) is 13.8. The lowest BCUT2D eigenvalue weighted by molar-refractivity contribution is 0.374. The van der Waals surface area contributed by atoms with Gasteiger partial charge in [0, 0.05) is 11.6 Å². The van der Waals surface area contributed by atoms with Crippen molar-refractivity contribution in [3.8, 4) is 5.75 Å². The number of hydrogen-bond acceptors (Lipinski definition) is 2. The predicted molar refractivity (Wildman–Crippen MR) is 66.6 cm³/mol. The van der Waals surface area contributed by atoms with Gasteiger partial charge in [0.2, 0.25) is 0 Å². The highest BCUT2D eigenvalue weighted by atomic mass is 35.5. The molecule has 0 saturated heterocycles. The summed E-state index contributed by atoms with van der Waals surface area (Å²) in [6.45, 7) is 4.06. The van der Waals surface area contributed by atoms with Gasteiger partial charge in [-0.1, -0.05) is 32.4 Å². The van der Waals surface area contributed by atoms with Crippen LogP contribution in [0.1, 0.15) is 31.9 Å². The molecule has 2 N–H and O–H groups in total. The van der Waals surface area contributed by atoms with Gasteiger partial charge in [0.25, 0.3) is 0 Å². The van der Waals surface area contributed by atoms with Crippen molar-refractivity contribution < 1.29 is 9.13 Å². The summed E-state index contributed by atoms with van der Waals surface area (Å²) in [5, 5.41) is 0. The topological polar surface area (TPSA) is 35.2 Å². The summed E-state index contributed by atoms with van der Waals surface area (Å²) in [4.78, 5) is 0. The van der Waals surface area contributed by atoms with E-state index in [0.29, 0.717) is 5.56 Å². The summed E-state index contributed by atoms with van der Waals surface area (Å²) in [6, 6.07) is 4.81. The summed E-state index contributed by atoms with van der Waals surface area (Å²) in [6.07, 6.45) is 0.928. The Balaban J connectivity index is 0.00000225. The molecule has 1 unspecified atom stereocenters. The zero-order chi connectivity index (χ0) is 11.4. The van der Waals surface area contributed by atoms with Crippen LogP contribution in [0.3, 0.4) is 0 Å². The Kier molecular flexibility index (Phi) is 6.38. The van der Waals surface area contributed by atoms with Gasteiger partial charge in [-0.2, -0.15) is 0 Å². The van der Waals surface area contributed by atoms with Crippen molar-refractivity contribution in [1.29, 1.82) is 0 Å². The summed E-state index contributed by atoms with van der Waals surface area (Å²) < 4.78 is 18.7. The minimum Gasteiger partial charge on any atom is -0.494 e. The second kappa shape index (κ2) is 6.71. The SMILES string of the molecule is CCC(C)[C@H](N)c1cccc(OC)c1F.Cl. The lowest BCUT2D eigenvalue weighted by Crippen LogP contribution is -2.20. The maximum absolute atomic E-state index is 13.8. The molecule has 0 aliphatic rings. The molecule has 16 heavy (non-hydrogen) atoms. The van der Waals surface area contributed by atoms with Crippen LogP contribution in [0.2, 0.25) is 0 Å². The Labute approximate surface area is 102 Å². The summed E-state index contributed by atoms with van der Waals surface area (Å²) >= 11 is 0. The maximum atomic E-state index is 13.8. The number of benzene rings is 1. The fourth-order valence-electron chi connectivity index (χ4n) is 1.50. The van der Waals surface area contributed by atoms with E-state index in [1.807, 2.05) is 13.8 Å². The van der Waals surface area contributed by atoms with Crippen LogP contribution in [-0.4, -0.2) is 7.11 Å². The summed E-state index contributed by atoms with van der Waals surface area (Å²) in [5.41, 5.74) is 6.51. The van der Waals surface area contributed by atoms with E-state index in [1.54, 1.807) is 18.2 Å². The molecule has 0 fully saturated rings. The van der Waals surface area contributed by atoms with Crippen molar-refractivity contribution in [3.05, 3.63) is 29.6 Å². The van der Waals surface area contributed by atoms with Crippen LogP contribution < -0.4 is 10.5 Å². The highest BCUT2D eigenvalue weighted by Gasteiger charge is 2.18. The van der Waals surface area contributed by atoms with Gasteiger partial charge in [0.05, 0.1) is 7.11 Å². The van der Waals surface area contributed by atoms with Crippen molar-refractivity contribution in [2.45, 2.75) is 26.3 Å². The molecular formula is C12H19ClFNO. The van der Waals surface area contributed by atoms with E-state index in [-0.39, 0.29) is 35.9 Å². The quantitative estimate of drug-likeness (QED) is 0.886. The standard InChI is InChI=1S/C12H18FNO.ClH/c1-4-8(2)12(14)9-6-5-7-10(15-3)11(9)13;/h5-8,12H,4,14H2,1-3H3;1H/t8?,12-;/m0./s1. The highest BCUT2D eigenvalue weighted by Crippen LogP contribution is 2.28. The molecule has 0 aliphatic carbocycles. The summed E-state index contributed by atoms with van der Waals surface area (Å²) in [7, 11) is 1.46. The lowest BCUT2D eigenvalue weighted by Gasteiger charge is -2.20.